The molecule has 0 aliphatic heterocycles. The van der Waals surface area contributed by atoms with Crippen LogP contribution in [0.1, 0.15) is 27.6 Å². The summed E-state index contributed by atoms with van der Waals surface area (Å²) in [6, 6.07) is 6.95. The maximum Gasteiger partial charge on any atom is 0.150 e. The number of nitriles is 1. The van der Waals surface area contributed by atoms with Crippen LogP contribution < -0.4 is 0 Å². The molecule has 0 saturated carbocycles. The molecule has 0 spiro atoms. The molecule has 0 radical (unpaired) electrons. The molecule has 1 aromatic heterocycles. The molecule has 0 atom stereocenters. The SMILES string of the molecule is Cc1nc(C)n(-c2ccc(C=O)cc2C#N)n1. The third kappa shape index (κ3) is 1.93. The van der Waals surface area contributed by atoms with Gasteiger partial charge in [-0.1, -0.05) is 0 Å². The van der Waals surface area contributed by atoms with E-state index < -0.39 is 0 Å². The van der Waals surface area contributed by atoms with Gasteiger partial charge in [-0.05, 0) is 32.0 Å². The fourth-order valence-corrected chi connectivity index (χ4v) is 1.65. The number of aldehydes is 1. The summed E-state index contributed by atoms with van der Waals surface area (Å²) >= 11 is 0. The molecular weight excluding hydrogens is 216 g/mol. The van der Waals surface area contributed by atoms with Crippen LogP contribution in [0.2, 0.25) is 0 Å². The summed E-state index contributed by atoms with van der Waals surface area (Å²) in [5.74, 6) is 1.35. The fraction of sp³-hybridized carbons (Fsp3) is 0.167. The van der Waals surface area contributed by atoms with Crippen molar-refractivity contribution in [2.75, 3.05) is 0 Å². The normalized spacial score (nSPS) is 9.94. The summed E-state index contributed by atoms with van der Waals surface area (Å²) in [6.07, 6.45) is 0.712. The Bertz CT molecular complexity index is 622. The Balaban J connectivity index is 2.64. The third-order valence-electron chi connectivity index (χ3n) is 2.38. The van der Waals surface area contributed by atoms with E-state index in [1.807, 2.05) is 6.92 Å². The Morgan fingerprint density at radius 1 is 1.41 bits per heavy atom. The molecular formula is C12H10N4O. The second-order valence-corrected chi connectivity index (χ2v) is 3.62. The molecule has 1 aromatic carbocycles. The van der Waals surface area contributed by atoms with Crippen molar-refractivity contribution >= 4 is 6.29 Å². The number of hydrogen-bond acceptors (Lipinski definition) is 4. The second-order valence-electron chi connectivity index (χ2n) is 3.62. The van der Waals surface area contributed by atoms with E-state index in [0.29, 0.717) is 34.7 Å². The van der Waals surface area contributed by atoms with E-state index in [4.69, 9.17) is 5.26 Å². The predicted octanol–water partition coefficient (Wildman–Crippen LogP) is 1.57. The van der Waals surface area contributed by atoms with Crippen LogP contribution >= 0.6 is 0 Å². The number of rotatable bonds is 2. The van der Waals surface area contributed by atoms with Gasteiger partial charge in [0.2, 0.25) is 0 Å². The van der Waals surface area contributed by atoms with Gasteiger partial charge >= 0.3 is 0 Å². The molecule has 0 aliphatic carbocycles. The highest BCUT2D eigenvalue weighted by molar-refractivity contribution is 5.76. The van der Waals surface area contributed by atoms with Crippen LogP contribution in [-0.4, -0.2) is 21.1 Å². The number of carbonyl (C=O) groups is 1. The first kappa shape index (κ1) is 11.0. The quantitative estimate of drug-likeness (QED) is 0.728. The summed E-state index contributed by atoms with van der Waals surface area (Å²) in [5, 5.41) is 13.3. The lowest BCUT2D eigenvalue weighted by Crippen LogP contribution is -2.02. The van der Waals surface area contributed by atoms with Gasteiger partial charge in [0.05, 0.1) is 11.3 Å². The van der Waals surface area contributed by atoms with E-state index in [2.05, 4.69) is 16.2 Å². The lowest BCUT2D eigenvalue weighted by Gasteiger charge is -2.05. The number of aryl methyl sites for hydroxylation is 2. The van der Waals surface area contributed by atoms with Crippen molar-refractivity contribution < 1.29 is 4.79 Å². The van der Waals surface area contributed by atoms with Crippen LogP contribution in [0.4, 0.5) is 0 Å². The van der Waals surface area contributed by atoms with Gasteiger partial charge in [-0.3, -0.25) is 4.79 Å². The van der Waals surface area contributed by atoms with Crippen molar-refractivity contribution in [2.45, 2.75) is 13.8 Å². The molecule has 0 bridgehead atoms. The topological polar surface area (TPSA) is 71.6 Å². The van der Waals surface area contributed by atoms with Crippen LogP contribution in [0.3, 0.4) is 0 Å². The molecule has 0 unspecified atom stereocenters. The number of carbonyl (C=O) groups excluding carboxylic acids is 1. The van der Waals surface area contributed by atoms with Crippen LogP contribution in [0, 0.1) is 25.2 Å². The fourth-order valence-electron chi connectivity index (χ4n) is 1.65. The van der Waals surface area contributed by atoms with Crippen molar-refractivity contribution in [2.24, 2.45) is 0 Å². The highest BCUT2D eigenvalue weighted by Crippen LogP contribution is 2.16. The second kappa shape index (κ2) is 4.18. The van der Waals surface area contributed by atoms with E-state index in [1.54, 1.807) is 29.8 Å². The van der Waals surface area contributed by atoms with Crippen LogP contribution in [0.25, 0.3) is 5.69 Å². The first-order chi connectivity index (χ1) is 8.15. The van der Waals surface area contributed by atoms with E-state index >= 15 is 0 Å². The zero-order chi connectivity index (χ0) is 12.4. The Morgan fingerprint density at radius 3 is 2.71 bits per heavy atom. The van der Waals surface area contributed by atoms with Crippen molar-refractivity contribution in [1.29, 1.82) is 5.26 Å². The average molecular weight is 226 g/mol. The first-order valence-corrected chi connectivity index (χ1v) is 5.05. The minimum Gasteiger partial charge on any atom is -0.298 e. The summed E-state index contributed by atoms with van der Waals surface area (Å²) in [6.45, 7) is 3.60. The predicted molar refractivity (Wildman–Crippen MR) is 60.9 cm³/mol. The number of hydrogen-bond donors (Lipinski definition) is 0. The molecule has 17 heavy (non-hydrogen) atoms. The van der Waals surface area contributed by atoms with E-state index in [0.717, 1.165) is 0 Å². The van der Waals surface area contributed by atoms with E-state index in [1.165, 1.54) is 0 Å². The molecule has 0 aliphatic rings. The molecule has 2 aromatic rings. The molecule has 0 fully saturated rings. The molecule has 1 heterocycles. The minimum absolute atomic E-state index is 0.405. The summed E-state index contributed by atoms with van der Waals surface area (Å²) < 4.78 is 1.60. The van der Waals surface area contributed by atoms with Gasteiger partial charge in [0.25, 0.3) is 0 Å². The zero-order valence-electron chi connectivity index (χ0n) is 9.51. The van der Waals surface area contributed by atoms with Crippen molar-refractivity contribution in [1.82, 2.24) is 14.8 Å². The molecule has 84 valence electrons. The average Bonchev–Trinajstić information content (AvgIpc) is 2.67. The van der Waals surface area contributed by atoms with Gasteiger partial charge < -0.3 is 0 Å². The summed E-state index contributed by atoms with van der Waals surface area (Å²) in [7, 11) is 0. The minimum atomic E-state index is 0.405. The van der Waals surface area contributed by atoms with Crippen LogP contribution in [0.15, 0.2) is 18.2 Å². The van der Waals surface area contributed by atoms with Gasteiger partial charge in [-0.15, -0.1) is 0 Å². The zero-order valence-corrected chi connectivity index (χ0v) is 9.51. The first-order valence-electron chi connectivity index (χ1n) is 5.05. The Hall–Kier alpha value is -2.48. The maximum atomic E-state index is 10.6. The number of nitrogens with zero attached hydrogens (tertiary/aromatic N) is 4. The van der Waals surface area contributed by atoms with Crippen LogP contribution in [-0.2, 0) is 0 Å². The van der Waals surface area contributed by atoms with Crippen molar-refractivity contribution in [3.8, 4) is 11.8 Å². The number of aromatic nitrogens is 3. The smallest absolute Gasteiger partial charge is 0.150 e. The van der Waals surface area contributed by atoms with Crippen molar-refractivity contribution in [3.63, 3.8) is 0 Å². The van der Waals surface area contributed by atoms with E-state index in [-0.39, 0.29) is 0 Å². The molecule has 5 nitrogen and oxygen atoms in total. The van der Waals surface area contributed by atoms with Crippen LogP contribution in [0.5, 0.6) is 0 Å². The lowest BCUT2D eigenvalue weighted by atomic mass is 10.1. The standard InChI is InChI=1S/C12H10N4O/c1-8-14-9(2)16(15-8)12-4-3-10(7-17)5-11(12)6-13/h3-5,7H,1-2H3. The van der Waals surface area contributed by atoms with Crippen molar-refractivity contribution in [3.05, 3.63) is 41.0 Å². The summed E-state index contributed by atoms with van der Waals surface area (Å²) in [5.41, 5.74) is 1.51. The Morgan fingerprint density at radius 2 is 2.18 bits per heavy atom. The number of benzene rings is 1. The highest BCUT2D eigenvalue weighted by Gasteiger charge is 2.10. The Labute approximate surface area is 98.3 Å². The summed E-state index contributed by atoms with van der Waals surface area (Å²) in [4.78, 5) is 14.8. The lowest BCUT2D eigenvalue weighted by molar-refractivity contribution is 0.112. The van der Waals surface area contributed by atoms with Gasteiger partial charge in [0.1, 0.15) is 24.0 Å². The molecule has 0 N–H and O–H groups in total. The molecule has 2 rings (SSSR count). The van der Waals surface area contributed by atoms with Gasteiger partial charge in [-0.2, -0.15) is 10.4 Å². The molecule has 0 saturated heterocycles. The van der Waals surface area contributed by atoms with Gasteiger partial charge in [0.15, 0.2) is 0 Å². The highest BCUT2D eigenvalue weighted by atomic mass is 16.1. The monoisotopic (exact) mass is 226 g/mol. The van der Waals surface area contributed by atoms with Gasteiger partial charge in [0, 0.05) is 5.56 Å². The Kier molecular flexibility index (Phi) is 2.71. The van der Waals surface area contributed by atoms with Gasteiger partial charge in [-0.25, -0.2) is 9.67 Å². The van der Waals surface area contributed by atoms with E-state index in [9.17, 15) is 4.79 Å². The molecule has 5 heteroatoms. The maximum absolute atomic E-state index is 10.6. The largest absolute Gasteiger partial charge is 0.298 e. The molecule has 0 amide bonds. The third-order valence-corrected chi connectivity index (χ3v) is 2.38.